The van der Waals surface area contributed by atoms with Gasteiger partial charge in [-0.25, -0.2) is 0 Å². The van der Waals surface area contributed by atoms with E-state index in [0.29, 0.717) is 36.8 Å². The first-order chi connectivity index (χ1) is 16.0. The molecule has 0 radical (unpaired) electrons. The van der Waals surface area contributed by atoms with Gasteiger partial charge in [-0.3, -0.25) is 14.5 Å². The maximum absolute atomic E-state index is 12.6. The number of hydrogen-bond acceptors (Lipinski definition) is 5. The molecule has 0 atom stereocenters. The second kappa shape index (κ2) is 10.9. The summed E-state index contributed by atoms with van der Waals surface area (Å²) in [5.41, 5.74) is 1.85. The van der Waals surface area contributed by atoms with Crippen LogP contribution >= 0.6 is 43.6 Å². The van der Waals surface area contributed by atoms with E-state index in [0.717, 1.165) is 31.8 Å². The summed E-state index contributed by atoms with van der Waals surface area (Å²) < 4.78 is 12.6. The number of benzene rings is 3. The summed E-state index contributed by atoms with van der Waals surface area (Å²) in [6.45, 7) is 1.27. The summed E-state index contributed by atoms with van der Waals surface area (Å²) in [7, 11) is 1.60. The van der Waals surface area contributed by atoms with E-state index >= 15 is 0 Å². The highest BCUT2D eigenvalue weighted by atomic mass is 79.9. The number of amides is 2. The molecule has 3 aromatic rings. The lowest BCUT2D eigenvalue weighted by Crippen LogP contribution is -2.29. The number of ether oxygens (including phenoxy) is 2. The van der Waals surface area contributed by atoms with Crippen LogP contribution in [-0.4, -0.2) is 36.3 Å². The Morgan fingerprint density at radius 2 is 1.73 bits per heavy atom. The highest BCUT2D eigenvalue weighted by molar-refractivity contribution is 9.11. The summed E-state index contributed by atoms with van der Waals surface area (Å²) in [4.78, 5) is 26.5. The normalized spacial score (nSPS) is 15.1. The maximum atomic E-state index is 12.6. The van der Waals surface area contributed by atoms with Crippen LogP contribution in [0.2, 0.25) is 0 Å². The van der Waals surface area contributed by atoms with E-state index in [9.17, 15) is 9.59 Å². The molecular weight excluding hydrogens is 570 g/mol. The fraction of sp³-hybridized carbons (Fsp3) is 0.200. The Balaban J connectivity index is 1.47. The molecule has 0 aromatic heterocycles. The molecule has 0 saturated carbocycles. The lowest BCUT2D eigenvalue weighted by molar-refractivity contribution is -0.122. The third kappa shape index (κ3) is 5.69. The second-order valence-corrected chi connectivity index (χ2v) is 10.2. The predicted octanol–water partition coefficient (Wildman–Crippen LogP) is 7.02. The number of fused-ring (bicyclic) bond motifs is 1. The van der Waals surface area contributed by atoms with Gasteiger partial charge in [-0.15, -0.1) is 0 Å². The average Bonchev–Trinajstić information content (AvgIpc) is 3.06. The molecule has 1 aliphatic heterocycles. The van der Waals surface area contributed by atoms with Crippen molar-refractivity contribution >= 4 is 71.6 Å². The zero-order valence-corrected chi connectivity index (χ0v) is 21.8. The first kappa shape index (κ1) is 24.0. The van der Waals surface area contributed by atoms with E-state index in [1.54, 1.807) is 13.2 Å². The van der Waals surface area contributed by atoms with Gasteiger partial charge < -0.3 is 9.47 Å². The number of rotatable bonds is 8. The van der Waals surface area contributed by atoms with Crippen LogP contribution in [-0.2, 0) is 16.1 Å². The molecular formula is C25H21Br2NO4S. The second-order valence-electron chi connectivity index (χ2n) is 7.46. The zero-order chi connectivity index (χ0) is 23.4. The van der Waals surface area contributed by atoms with E-state index in [-0.39, 0.29) is 11.1 Å². The smallest absolute Gasteiger partial charge is 0.293 e. The van der Waals surface area contributed by atoms with E-state index < -0.39 is 0 Å². The van der Waals surface area contributed by atoms with Gasteiger partial charge in [0.25, 0.3) is 11.1 Å². The fourth-order valence-electron chi connectivity index (χ4n) is 3.50. The van der Waals surface area contributed by atoms with Gasteiger partial charge in [0.1, 0.15) is 12.4 Å². The first-order valence-corrected chi connectivity index (χ1v) is 12.7. The molecule has 1 saturated heterocycles. The van der Waals surface area contributed by atoms with Crippen LogP contribution < -0.4 is 4.74 Å². The highest BCUT2D eigenvalue weighted by Gasteiger charge is 2.34. The molecule has 4 rings (SSSR count). The summed E-state index contributed by atoms with van der Waals surface area (Å²) in [5, 5.41) is 2.11. The van der Waals surface area contributed by atoms with Crippen LogP contribution in [0.15, 0.2) is 68.4 Å². The van der Waals surface area contributed by atoms with Crippen molar-refractivity contribution in [3.63, 3.8) is 0 Å². The molecule has 0 spiro atoms. The summed E-state index contributed by atoms with van der Waals surface area (Å²) in [6.07, 6.45) is 2.34. The monoisotopic (exact) mass is 589 g/mol. The molecule has 1 aliphatic rings. The Morgan fingerprint density at radius 3 is 2.45 bits per heavy atom. The van der Waals surface area contributed by atoms with Crippen molar-refractivity contribution in [3.05, 3.63) is 79.6 Å². The van der Waals surface area contributed by atoms with Gasteiger partial charge >= 0.3 is 0 Å². The van der Waals surface area contributed by atoms with Crippen LogP contribution in [0.3, 0.4) is 0 Å². The topological polar surface area (TPSA) is 55.8 Å². The standard InChI is InChI=1S/C25H21Br2NO4S/c1-31-10-4-9-28-24(29)22(33-25(28)30)14-17-12-20(26)23(21(27)13-17)32-15-16-7-8-18-5-2-3-6-19(18)11-16/h2-3,5-8,11-14H,4,9-10,15H2,1H3/b22-14+. The van der Waals surface area contributed by atoms with Gasteiger partial charge in [-0.05, 0) is 96.2 Å². The Labute approximate surface area is 213 Å². The predicted molar refractivity (Wildman–Crippen MR) is 139 cm³/mol. The van der Waals surface area contributed by atoms with Crippen molar-refractivity contribution in [2.24, 2.45) is 0 Å². The van der Waals surface area contributed by atoms with Crippen molar-refractivity contribution in [2.45, 2.75) is 13.0 Å². The Bertz CT molecular complexity index is 1220. The largest absolute Gasteiger partial charge is 0.487 e. The third-order valence-electron chi connectivity index (χ3n) is 5.12. The molecule has 0 bridgehead atoms. The van der Waals surface area contributed by atoms with Crippen molar-refractivity contribution in [1.29, 1.82) is 0 Å². The molecule has 0 aliphatic carbocycles. The number of hydrogen-bond donors (Lipinski definition) is 0. The van der Waals surface area contributed by atoms with Crippen molar-refractivity contribution < 1.29 is 19.1 Å². The van der Waals surface area contributed by atoms with E-state index in [2.05, 4.69) is 62.2 Å². The third-order valence-corrected chi connectivity index (χ3v) is 7.20. The van der Waals surface area contributed by atoms with Gasteiger partial charge in [0.05, 0.1) is 13.9 Å². The summed E-state index contributed by atoms with van der Waals surface area (Å²) in [5.74, 6) is 0.401. The van der Waals surface area contributed by atoms with Gasteiger partial charge in [0.2, 0.25) is 0 Å². The van der Waals surface area contributed by atoms with Crippen molar-refractivity contribution in [1.82, 2.24) is 4.90 Å². The van der Waals surface area contributed by atoms with Gasteiger partial charge in [0.15, 0.2) is 0 Å². The molecule has 0 N–H and O–H groups in total. The van der Waals surface area contributed by atoms with Crippen molar-refractivity contribution in [2.75, 3.05) is 20.3 Å². The zero-order valence-electron chi connectivity index (χ0n) is 17.8. The highest BCUT2D eigenvalue weighted by Crippen LogP contribution is 2.38. The summed E-state index contributed by atoms with van der Waals surface area (Å²) >= 11 is 8.10. The SMILES string of the molecule is COCCCN1C(=O)S/C(=C/c2cc(Br)c(OCc3ccc4ccccc4c3)c(Br)c2)C1=O. The van der Waals surface area contributed by atoms with Gasteiger partial charge in [-0.1, -0.05) is 36.4 Å². The van der Waals surface area contributed by atoms with Crippen LogP contribution in [0.1, 0.15) is 17.5 Å². The first-order valence-electron chi connectivity index (χ1n) is 10.3. The molecule has 0 unspecified atom stereocenters. The van der Waals surface area contributed by atoms with Crippen LogP contribution in [0.4, 0.5) is 4.79 Å². The number of nitrogens with zero attached hydrogens (tertiary/aromatic N) is 1. The number of carbonyl (C=O) groups excluding carboxylic acids is 2. The molecule has 33 heavy (non-hydrogen) atoms. The Hall–Kier alpha value is -2.13. The minimum absolute atomic E-state index is 0.254. The quantitative estimate of drug-likeness (QED) is 0.208. The maximum Gasteiger partial charge on any atom is 0.293 e. The van der Waals surface area contributed by atoms with E-state index in [1.165, 1.54) is 15.7 Å². The lowest BCUT2D eigenvalue weighted by atomic mass is 10.1. The van der Waals surface area contributed by atoms with Gasteiger partial charge in [-0.2, -0.15) is 0 Å². The average molecular weight is 591 g/mol. The van der Waals surface area contributed by atoms with E-state index in [1.807, 2.05) is 24.3 Å². The molecule has 5 nitrogen and oxygen atoms in total. The molecule has 8 heteroatoms. The molecule has 170 valence electrons. The summed E-state index contributed by atoms with van der Waals surface area (Å²) in [6, 6.07) is 18.2. The van der Waals surface area contributed by atoms with E-state index in [4.69, 9.17) is 9.47 Å². The molecule has 1 heterocycles. The number of methoxy groups -OCH3 is 1. The van der Waals surface area contributed by atoms with Gasteiger partial charge in [0, 0.05) is 20.3 Å². The number of carbonyl (C=O) groups is 2. The van der Waals surface area contributed by atoms with Crippen molar-refractivity contribution in [3.8, 4) is 5.75 Å². The minimum atomic E-state index is -0.273. The molecule has 2 amide bonds. The number of halogens is 2. The number of thioether (sulfide) groups is 1. The van der Waals surface area contributed by atoms with Crippen LogP contribution in [0.5, 0.6) is 5.75 Å². The molecule has 1 fully saturated rings. The minimum Gasteiger partial charge on any atom is -0.487 e. The Morgan fingerprint density at radius 1 is 1.00 bits per heavy atom. The fourth-order valence-corrected chi connectivity index (χ4v) is 5.81. The molecule has 3 aromatic carbocycles. The number of imide groups is 1. The van der Waals surface area contributed by atoms with Crippen LogP contribution in [0.25, 0.3) is 16.8 Å². The Kier molecular flexibility index (Phi) is 7.90. The lowest BCUT2D eigenvalue weighted by Gasteiger charge is -2.12. The van der Waals surface area contributed by atoms with Crippen LogP contribution in [0, 0.1) is 0 Å².